The van der Waals surface area contributed by atoms with Crippen molar-refractivity contribution in [1.29, 1.82) is 0 Å². The Hall–Kier alpha value is -4.11. The zero-order valence-corrected chi connectivity index (χ0v) is 21.6. The van der Waals surface area contributed by atoms with Crippen molar-refractivity contribution in [1.82, 2.24) is 0 Å². The van der Waals surface area contributed by atoms with Gasteiger partial charge in [0.05, 0.1) is 44.2 Å². The fraction of sp³-hybridized carbons (Fsp3) is 0.345. The highest BCUT2D eigenvalue weighted by atomic mass is 16.5. The van der Waals surface area contributed by atoms with E-state index in [1.807, 2.05) is 6.92 Å². The maximum atomic E-state index is 12.6. The lowest BCUT2D eigenvalue weighted by molar-refractivity contribution is -0.140. The molecule has 0 radical (unpaired) electrons. The zero-order chi connectivity index (χ0) is 27.8. The minimum absolute atomic E-state index is 0.00558. The summed E-state index contributed by atoms with van der Waals surface area (Å²) in [6, 6.07) is 11.8. The predicted molar refractivity (Wildman–Crippen MR) is 140 cm³/mol. The average Bonchev–Trinajstić information content (AvgIpc) is 2.94. The Labute approximate surface area is 222 Å². The van der Waals surface area contributed by atoms with Crippen LogP contribution in [0.4, 0.5) is 0 Å². The molecule has 2 aromatic carbocycles. The smallest absolute Gasteiger partial charge is 0.343 e. The zero-order valence-electron chi connectivity index (χ0n) is 21.6. The van der Waals surface area contributed by atoms with E-state index < -0.39 is 24.5 Å². The molecule has 204 valence electrons. The number of benzene rings is 2. The molecule has 0 unspecified atom stereocenters. The largest absolute Gasteiger partial charge is 0.494 e. The molecule has 0 aromatic heterocycles. The van der Waals surface area contributed by atoms with Gasteiger partial charge in [-0.2, -0.15) is 0 Å². The van der Waals surface area contributed by atoms with Gasteiger partial charge in [-0.1, -0.05) is 20.1 Å². The SMILES string of the molecule is C=CC(=O)OCCCCOc1ccc(C(=O)Oc2ccc(OCCCOC(=O)C(=C)CO)c(CC)c2)cc1. The number of hydrogen-bond donors (Lipinski definition) is 1. The molecule has 9 heteroatoms. The number of esters is 3. The molecule has 0 saturated heterocycles. The van der Waals surface area contributed by atoms with E-state index in [4.69, 9.17) is 28.8 Å². The molecule has 0 heterocycles. The fourth-order valence-electron chi connectivity index (χ4n) is 3.09. The summed E-state index contributed by atoms with van der Waals surface area (Å²) in [4.78, 5) is 35.0. The highest BCUT2D eigenvalue weighted by Gasteiger charge is 2.12. The maximum Gasteiger partial charge on any atom is 0.343 e. The summed E-state index contributed by atoms with van der Waals surface area (Å²) in [6.45, 7) is 9.50. The van der Waals surface area contributed by atoms with Crippen LogP contribution in [0.2, 0.25) is 0 Å². The number of carbonyl (C=O) groups excluding carboxylic acids is 3. The molecule has 2 rings (SSSR count). The first-order valence-electron chi connectivity index (χ1n) is 12.3. The third kappa shape index (κ3) is 10.5. The monoisotopic (exact) mass is 526 g/mol. The molecule has 9 nitrogen and oxygen atoms in total. The number of aliphatic hydroxyl groups is 1. The topological polar surface area (TPSA) is 118 Å². The molecule has 0 spiro atoms. The van der Waals surface area contributed by atoms with Gasteiger partial charge in [0, 0.05) is 12.5 Å². The minimum atomic E-state index is -0.629. The second kappa shape index (κ2) is 16.6. The van der Waals surface area contributed by atoms with Gasteiger partial charge in [-0.05, 0) is 67.3 Å². The van der Waals surface area contributed by atoms with Gasteiger partial charge in [-0.3, -0.25) is 0 Å². The number of ether oxygens (including phenoxy) is 5. The summed E-state index contributed by atoms with van der Waals surface area (Å²) < 4.78 is 26.8. The summed E-state index contributed by atoms with van der Waals surface area (Å²) in [5.41, 5.74) is 1.25. The molecule has 0 aliphatic carbocycles. The van der Waals surface area contributed by atoms with Crippen molar-refractivity contribution in [2.24, 2.45) is 0 Å². The van der Waals surface area contributed by atoms with E-state index in [0.29, 0.717) is 68.3 Å². The van der Waals surface area contributed by atoms with Crippen LogP contribution in [0.3, 0.4) is 0 Å². The second-order valence-electron chi connectivity index (χ2n) is 8.06. The molecular formula is C29H34O9. The van der Waals surface area contributed by atoms with Gasteiger partial charge in [0.15, 0.2) is 0 Å². The highest BCUT2D eigenvalue weighted by molar-refractivity contribution is 5.91. The van der Waals surface area contributed by atoms with Crippen LogP contribution in [0, 0.1) is 0 Å². The van der Waals surface area contributed by atoms with Crippen molar-refractivity contribution in [2.75, 3.05) is 33.0 Å². The van der Waals surface area contributed by atoms with Crippen molar-refractivity contribution in [2.45, 2.75) is 32.6 Å². The Balaban J connectivity index is 1.78. The van der Waals surface area contributed by atoms with E-state index >= 15 is 0 Å². The average molecular weight is 527 g/mol. The lowest BCUT2D eigenvalue weighted by atomic mass is 10.1. The van der Waals surface area contributed by atoms with Gasteiger partial charge < -0.3 is 28.8 Å². The van der Waals surface area contributed by atoms with Crippen molar-refractivity contribution < 1.29 is 43.2 Å². The molecule has 38 heavy (non-hydrogen) atoms. The number of hydrogen-bond acceptors (Lipinski definition) is 9. The second-order valence-corrected chi connectivity index (χ2v) is 8.06. The Bertz CT molecular complexity index is 1090. The van der Waals surface area contributed by atoms with Gasteiger partial charge >= 0.3 is 17.9 Å². The first-order valence-corrected chi connectivity index (χ1v) is 12.3. The first kappa shape index (κ1) is 30.1. The number of carbonyl (C=O) groups is 3. The van der Waals surface area contributed by atoms with E-state index in [0.717, 1.165) is 11.6 Å². The molecule has 0 aliphatic rings. The number of aliphatic hydroxyl groups excluding tert-OH is 1. The molecule has 0 bridgehead atoms. The highest BCUT2D eigenvalue weighted by Crippen LogP contribution is 2.26. The Morgan fingerprint density at radius 2 is 1.53 bits per heavy atom. The molecule has 0 atom stereocenters. The molecule has 2 aromatic rings. The summed E-state index contributed by atoms with van der Waals surface area (Å²) >= 11 is 0. The van der Waals surface area contributed by atoms with Crippen molar-refractivity contribution in [3.8, 4) is 17.2 Å². The van der Waals surface area contributed by atoms with Gasteiger partial charge in [-0.15, -0.1) is 0 Å². The summed E-state index contributed by atoms with van der Waals surface area (Å²) in [7, 11) is 0. The molecule has 1 N–H and O–H groups in total. The number of aryl methyl sites for hydroxylation is 1. The van der Waals surface area contributed by atoms with E-state index in [-0.39, 0.29) is 12.2 Å². The maximum absolute atomic E-state index is 12.6. The molecule has 0 saturated carbocycles. The third-order valence-electron chi connectivity index (χ3n) is 5.19. The van der Waals surface area contributed by atoms with E-state index in [9.17, 15) is 14.4 Å². The summed E-state index contributed by atoms with van der Waals surface area (Å²) in [6.07, 6.45) is 3.64. The van der Waals surface area contributed by atoms with Crippen LogP contribution in [-0.2, 0) is 25.5 Å². The van der Waals surface area contributed by atoms with Gasteiger partial charge in [0.2, 0.25) is 0 Å². The number of rotatable bonds is 17. The van der Waals surface area contributed by atoms with Crippen LogP contribution < -0.4 is 14.2 Å². The molecular weight excluding hydrogens is 492 g/mol. The number of unbranched alkanes of at least 4 members (excludes halogenated alkanes) is 1. The quantitative estimate of drug-likeness (QED) is 0.140. The summed E-state index contributed by atoms with van der Waals surface area (Å²) in [5.74, 6) is 0.0982. The predicted octanol–water partition coefficient (Wildman–Crippen LogP) is 4.22. The van der Waals surface area contributed by atoms with E-state index in [2.05, 4.69) is 13.2 Å². The normalized spacial score (nSPS) is 10.3. The van der Waals surface area contributed by atoms with Crippen molar-refractivity contribution >= 4 is 17.9 Å². The first-order chi connectivity index (χ1) is 18.4. The molecule has 0 amide bonds. The molecule has 0 fully saturated rings. The fourth-order valence-corrected chi connectivity index (χ4v) is 3.09. The van der Waals surface area contributed by atoms with E-state index in [1.165, 1.54) is 0 Å². The Morgan fingerprint density at radius 3 is 2.21 bits per heavy atom. The van der Waals surface area contributed by atoms with Gasteiger partial charge in [0.1, 0.15) is 17.2 Å². The van der Waals surface area contributed by atoms with Gasteiger partial charge in [0.25, 0.3) is 0 Å². The van der Waals surface area contributed by atoms with Crippen LogP contribution in [0.1, 0.15) is 42.1 Å². The van der Waals surface area contributed by atoms with Gasteiger partial charge in [-0.25, -0.2) is 14.4 Å². The Morgan fingerprint density at radius 1 is 0.868 bits per heavy atom. The van der Waals surface area contributed by atoms with Crippen LogP contribution >= 0.6 is 0 Å². The molecule has 0 aliphatic heterocycles. The lowest BCUT2D eigenvalue weighted by Crippen LogP contribution is -2.12. The Kier molecular flexibility index (Phi) is 13.2. The van der Waals surface area contributed by atoms with E-state index in [1.54, 1.807) is 42.5 Å². The van der Waals surface area contributed by atoms with Crippen molar-refractivity contribution in [3.63, 3.8) is 0 Å². The minimum Gasteiger partial charge on any atom is -0.494 e. The van der Waals surface area contributed by atoms with Crippen LogP contribution in [0.25, 0.3) is 0 Å². The van der Waals surface area contributed by atoms with Crippen LogP contribution in [-0.4, -0.2) is 56.0 Å². The van der Waals surface area contributed by atoms with Crippen LogP contribution in [0.5, 0.6) is 17.2 Å². The lowest BCUT2D eigenvalue weighted by Gasteiger charge is -2.13. The van der Waals surface area contributed by atoms with Crippen molar-refractivity contribution in [3.05, 3.63) is 78.4 Å². The van der Waals surface area contributed by atoms with Crippen LogP contribution in [0.15, 0.2) is 67.3 Å². The standard InChI is InChI=1S/C29H34O9/c1-4-22-19-25(13-14-26(22)35-17-8-18-37-28(32)21(3)20-30)38-29(33)23-9-11-24(12-10-23)34-15-6-7-16-36-27(31)5-2/h5,9-14,19,30H,2-4,6-8,15-18,20H2,1H3. The summed E-state index contributed by atoms with van der Waals surface area (Å²) in [5, 5.41) is 8.86. The third-order valence-corrected chi connectivity index (χ3v) is 5.19.